The van der Waals surface area contributed by atoms with Crippen LogP contribution < -0.4 is 9.80 Å². The molecule has 14 heavy (non-hydrogen) atoms. The first kappa shape index (κ1) is 8.16. The molecule has 2 fully saturated rings. The van der Waals surface area contributed by atoms with E-state index in [1.54, 1.807) is 0 Å². The van der Waals surface area contributed by atoms with Gasteiger partial charge in [-0.3, -0.25) is 0 Å². The molecule has 0 bridgehead atoms. The first-order valence-corrected chi connectivity index (χ1v) is 5.54. The van der Waals surface area contributed by atoms with Gasteiger partial charge in [0.15, 0.2) is 0 Å². The van der Waals surface area contributed by atoms with E-state index in [4.69, 9.17) is 0 Å². The first-order chi connectivity index (χ1) is 6.95. The van der Waals surface area contributed by atoms with Crippen molar-refractivity contribution in [2.45, 2.75) is 12.8 Å². The second kappa shape index (κ2) is 3.19. The molecule has 0 unspecified atom stereocenters. The van der Waals surface area contributed by atoms with Crippen LogP contribution in [0.2, 0.25) is 0 Å². The molecular formula is C12H16N2. The van der Waals surface area contributed by atoms with E-state index in [1.807, 2.05) is 0 Å². The van der Waals surface area contributed by atoms with E-state index in [1.165, 1.54) is 50.4 Å². The zero-order valence-corrected chi connectivity index (χ0v) is 8.45. The molecule has 2 heteroatoms. The van der Waals surface area contributed by atoms with Gasteiger partial charge in [0.1, 0.15) is 0 Å². The monoisotopic (exact) mass is 188 g/mol. The van der Waals surface area contributed by atoms with Gasteiger partial charge in [-0.25, -0.2) is 0 Å². The minimum Gasteiger partial charge on any atom is -0.370 e. The summed E-state index contributed by atoms with van der Waals surface area (Å²) < 4.78 is 0. The first-order valence-electron chi connectivity index (χ1n) is 5.54. The number of rotatable bonds is 2. The van der Waals surface area contributed by atoms with Crippen LogP contribution in [0.4, 0.5) is 11.4 Å². The lowest BCUT2D eigenvalue weighted by Crippen LogP contribution is -2.41. The van der Waals surface area contributed by atoms with Crippen LogP contribution in [-0.2, 0) is 0 Å². The maximum Gasteiger partial charge on any atom is 0.0604 e. The zero-order chi connectivity index (χ0) is 9.38. The lowest BCUT2D eigenvalue weighted by Gasteiger charge is -2.40. The van der Waals surface area contributed by atoms with Gasteiger partial charge >= 0.3 is 0 Å². The van der Waals surface area contributed by atoms with Crippen molar-refractivity contribution in [1.82, 2.24) is 0 Å². The number of nitrogens with zero attached hydrogens (tertiary/aromatic N) is 2. The van der Waals surface area contributed by atoms with Gasteiger partial charge in [0, 0.05) is 26.2 Å². The van der Waals surface area contributed by atoms with Gasteiger partial charge in [-0.1, -0.05) is 12.1 Å². The van der Waals surface area contributed by atoms with Crippen LogP contribution in [0.15, 0.2) is 24.3 Å². The van der Waals surface area contributed by atoms with Crippen LogP contribution in [0, 0.1) is 0 Å². The topological polar surface area (TPSA) is 6.48 Å². The Bertz CT molecular complexity index is 294. The van der Waals surface area contributed by atoms with Crippen LogP contribution in [0.5, 0.6) is 0 Å². The highest BCUT2D eigenvalue weighted by Gasteiger charge is 2.22. The molecule has 0 aliphatic carbocycles. The largest absolute Gasteiger partial charge is 0.370 e. The molecule has 0 radical (unpaired) electrons. The normalized spacial score (nSPS) is 20.3. The van der Waals surface area contributed by atoms with Crippen LogP contribution >= 0.6 is 0 Å². The van der Waals surface area contributed by atoms with Gasteiger partial charge in [0.2, 0.25) is 0 Å². The van der Waals surface area contributed by atoms with E-state index in [2.05, 4.69) is 34.1 Å². The van der Waals surface area contributed by atoms with Crippen LogP contribution in [0.3, 0.4) is 0 Å². The molecule has 74 valence electrons. The second-order valence-corrected chi connectivity index (χ2v) is 4.17. The highest BCUT2D eigenvalue weighted by molar-refractivity contribution is 5.72. The number of hydrogen-bond donors (Lipinski definition) is 0. The van der Waals surface area contributed by atoms with Gasteiger partial charge in [-0.2, -0.15) is 0 Å². The molecule has 2 aliphatic heterocycles. The average molecular weight is 188 g/mol. The van der Waals surface area contributed by atoms with E-state index < -0.39 is 0 Å². The lowest BCUT2D eigenvalue weighted by molar-refractivity contribution is 0.597. The predicted molar refractivity (Wildman–Crippen MR) is 60.1 cm³/mol. The molecular weight excluding hydrogens is 172 g/mol. The number of anilines is 2. The SMILES string of the molecule is c1ccc(N2CCC2)c(N2CCC2)c1. The fourth-order valence-corrected chi connectivity index (χ4v) is 2.11. The van der Waals surface area contributed by atoms with E-state index >= 15 is 0 Å². The maximum absolute atomic E-state index is 2.48. The molecule has 0 atom stereocenters. The summed E-state index contributed by atoms with van der Waals surface area (Å²) in [6.07, 6.45) is 2.71. The Balaban J connectivity index is 1.91. The Kier molecular flexibility index (Phi) is 1.86. The van der Waals surface area contributed by atoms with Gasteiger partial charge in [0.25, 0.3) is 0 Å². The summed E-state index contributed by atoms with van der Waals surface area (Å²) in [6, 6.07) is 8.81. The van der Waals surface area contributed by atoms with E-state index in [9.17, 15) is 0 Å². The van der Waals surface area contributed by atoms with E-state index in [0.29, 0.717) is 0 Å². The van der Waals surface area contributed by atoms with Crippen molar-refractivity contribution in [3.05, 3.63) is 24.3 Å². The summed E-state index contributed by atoms with van der Waals surface area (Å²) in [7, 11) is 0. The smallest absolute Gasteiger partial charge is 0.0604 e. The summed E-state index contributed by atoms with van der Waals surface area (Å²) >= 11 is 0. The third kappa shape index (κ3) is 1.17. The summed E-state index contributed by atoms with van der Waals surface area (Å²) in [5, 5.41) is 0. The van der Waals surface area contributed by atoms with Crippen molar-refractivity contribution < 1.29 is 0 Å². The Morgan fingerprint density at radius 3 is 1.43 bits per heavy atom. The Hall–Kier alpha value is -1.18. The van der Waals surface area contributed by atoms with Crippen molar-refractivity contribution >= 4 is 11.4 Å². The fourth-order valence-electron chi connectivity index (χ4n) is 2.11. The minimum atomic E-state index is 1.24. The standard InChI is InChI=1S/C12H16N2/c1-2-6-12(14-9-4-10-14)11(5-1)13-7-3-8-13/h1-2,5-6H,3-4,7-10H2. The summed E-state index contributed by atoms with van der Waals surface area (Å²) in [4.78, 5) is 4.96. The molecule has 0 amide bonds. The lowest BCUT2D eigenvalue weighted by atomic mass is 10.1. The van der Waals surface area contributed by atoms with Gasteiger partial charge in [0.05, 0.1) is 11.4 Å². The third-order valence-electron chi connectivity index (χ3n) is 3.28. The molecule has 0 saturated carbocycles. The van der Waals surface area contributed by atoms with E-state index in [-0.39, 0.29) is 0 Å². The Morgan fingerprint density at radius 2 is 1.14 bits per heavy atom. The van der Waals surface area contributed by atoms with Crippen molar-refractivity contribution in [1.29, 1.82) is 0 Å². The summed E-state index contributed by atoms with van der Waals surface area (Å²) in [5.41, 5.74) is 2.89. The van der Waals surface area contributed by atoms with Gasteiger partial charge in [-0.05, 0) is 25.0 Å². The molecule has 0 aromatic heterocycles. The van der Waals surface area contributed by atoms with Crippen LogP contribution in [0.25, 0.3) is 0 Å². The number of benzene rings is 1. The average Bonchev–Trinajstić information content (AvgIpc) is 2.01. The zero-order valence-electron chi connectivity index (χ0n) is 8.45. The molecule has 2 nitrogen and oxygen atoms in total. The number of hydrogen-bond acceptors (Lipinski definition) is 2. The van der Waals surface area contributed by atoms with Crippen molar-refractivity contribution in [3.63, 3.8) is 0 Å². The predicted octanol–water partition coefficient (Wildman–Crippen LogP) is 2.11. The molecule has 0 spiro atoms. The highest BCUT2D eigenvalue weighted by atomic mass is 15.2. The highest BCUT2D eigenvalue weighted by Crippen LogP contribution is 2.34. The Morgan fingerprint density at radius 1 is 0.714 bits per heavy atom. The molecule has 2 saturated heterocycles. The van der Waals surface area contributed by atoms with Crippen molar-refractivity contribution in [2.75, 3.05) is 36.0 Å². The molecule has 1 aromatic carbocycles. The fraction of sp³-hybridized carbons (Fsp3) is 0.500. The van der Waals surface area contributed by atoms with Gasteiger partial charge < -0.3 is 9.80 Å². The Labute approximate surface area is 85.1 Å². The second-order valence-electron chi connectivity index (χ2n) is 4.17. The molecule has 1 aromatic rings. The van der Waals surface area contributed by atoms with E-state index in [0.717, 1.165) is 0 Å². The van der Waals surface area contributed by atoms with Crippen molar-refractivity contribution in [3.8, 4) is 0 Å². The number of para-hydroxylation sites is 2. The molecule has 3 rings (SSSR count). The van der Waals surface area contributed by atoms with Gasteiger partial charge in [-0.15, -0.1) is 0 Å². The third-order valence-corrected chi connectivity index (χ3v) is 3.28. The maximum atomic E-state index is 2.48. The molecule has 2 aliphatic rings. The van der Waals surface area contributed by atoms with Crippen LogP contribution in [-0.4, -0.2) is 26.2 Å². The quantitative estimate of drug-likeness (QED) is 0.701. The van der Waals surface area contributed by atoms with Crippen molar-refractivity contribution in [2.24, 2.45) is 0 Å². The minimum absolute atomic E-state index is 1.24. The molecule has 0 N–H and O–H groups in total. The van der Waals surface area contributed by atoms with Crippen LogP contribution in [0.1, 0.15) is 12.8 Å². The summed E-state index contributed by atoms with van der Waals surface area (Å²) in [6.45, 7) is 4.96. The summed E-state index contributed by atoms with van der Waals surface area (Å²) in [5.74, 6) is 0. The molecule has 2 heterocycles.